The van der Waals surface area contributed by atoms with Crippen LogP contribution in [0.3, 0.4) is 0 Å². The smallest absolute Gasteiger partial charge is 0.348 e. The predicted molar refractivity (Wildman–Crippen MR) is 118 cm³/mol. The van der Waals surface area contributed by atoms with Gasteiger partial charge in [0.1, 0.15) is 11.5 Å². The van der Waals surface area contributed by atoms with E-state index in [1.807, 2.05) is 0 Å². The molecule has 2 aromatic carbocycles. The average molecular weight is 482 g/mol. The molecule has 0 unspecified atom stereocenters. The molecule has 32 heavy (non-hydrogen) atoms. The highest BCUT2D eigenvalue weighted by atomic mass is 35.5. The molecule has 0 atom stereocenters. The SMILES string of the molecule is O=C(NC1CCCCC1)c1cn(-c2ccc(Cl)cc2)c(-c2ccc(Cl)cc2C(F)(F)F)n1. The van der Waals surface area contributed by atoms with Crippen molar-refractivity contribution in [2.75, 3.05) is 0 Å². The number of nitrogens with zero attached hydrogens (tertiary/aromatic N) is 2. The third-order valence-electron chi connectivity index (χ3n) is 5.51. The summed E-state index contributed by atoms with van der Waals surface area (Å²) in [5.74, 6) is -0.418. The normalized spacial score (nSPS) is 15.0. The zero-order valence-electron chi connectivity index (χ0n) is 16.9. The van der Waals surface area contributed by atoms with Crippen molar-refractivity contribution < 1.29 is 18.0 Å². The largest absolute Gasteiger partial charge is 0.417 e. The van der Waals surface area contributed by atoms with Crippen LogP contribution in [0.1, 0.15) is 48.2 Å². The van der Waals surface area contributed by atoms with Gasteiger partial charge in [-0.15, -0.1) is 0 Å². The lowest BCUT2D eigenvalue weighted by Crippen LogP contribution is -2.36. The molecule has 0 saturated heterocycles. The third-order valence-corrected chi connectivity index (χ3v) is 6.00. The Bertz CT molecular complexity index is 1120. The number of amides is 1. The first-order valence-electron chi connectivity index (χ1n) is 10.3. The molecular formula is C23H20Cl2F3N3O. The van der Waals surface area contributed by atoms with Crippen LogP contribution < -0.4 is 5.32 Å². The van der Waals surface area contributed by atoms with Crippen molar-refractivity contribution >= 4 is 29.1 Å². The van der Waals surface area contributed by atoms with Gasteiger partial charge in [0, 0.05) is 33.5 Å². The number of carbonyl (C=O) groups excluding carboxylic acids is 1. The van der Waals surface area contributed by atoms with Gasteiger partial charge in [0.25, 0.3) is 5.91 Å². The summed E-state index contributed by atoms with van der Waals surface area (Å²) >= 11 is 11.8. The predicted octanol–water partition coefficient (Wildman–Crippen LogP) is 6.93. The van der Waals surface area contributed by atoms with Gasteiger partial charge in [0.15, 0.2) is 0 Å². The molecule has 1 amide bonds. The molecular weight excluding hydrogens is 462 g/mol. The van der Waals surface area contributed by atoms with Crippen LogP contribution in [0.15, 0.2) is 48.7 Å². The highest BCUT2D eigenvalue weighted by Gasteiger charge is 2.35. The lowest BCUT2D eigenvalue weighted by atomic mass is 9.95. The first-order valence-corrected chi connectivity index (χ1v) is 11.0. The maximum atomic E-state index is 13.8. The Morgan fingerprint density at radius 1 is 1.00 bits per heavy atom. The maximum absolute atomic E-state index is 13.8. The van der Waals surface area contributed by atoms with Crippen molar-refractivity contribution in [1.82, 2.24) is 14.9 Å². The lowest BCUT2D eigenvalue weighted by molar-refractivity contribution is -0.137. The molecule has 1 aromatic heterocycles. The Balaban J connectivity index is 1.81. The second-order valence-electron chi connectivity index (χ2n) is 7.79. The minimum absolute atomic E-state index is 0.00916. The highest BCUT2D eigenvalue weighted by molar-refractivity contribution is 6.31. The number of halogens is 5. The van der Waals surface area contributed by atoms with Crippen LogP contribution in [0, 0.1) is 0 Å². The highest BCUT2D eigenvalue weighted by Crippen LogP contribution is 2.39. The number of rotatable bonds is 4. The maximum Gasteiger partial charge on any atom is 0.417 e. The molecule has 9 heteroatoms. The van der Waals surface area contributed by atoms with E-state index in [0.717, 1.165) is 38.2 Å². The average Bonchev–Trinajstić information content (AvgIpc) is 3.20. The summed E-state index contributed by atoms with van der Waals surface area (Å²) in [5.41, 5.74) is -0.529. The van der Waals surface area contributed by atoms with Crippen molar-refractivity contribution in [1.29, 1.82) is 0 Å². The number of alkyl halides is 3. The zero-order chi connectivity index (χ0) is 22.9. The summed E-state index contributed by atoms with van der Waals surface area (Å²) in [6.07, 6.45) is 1.77. The Kier molecular flexibility index (Phi) is 6.49. The molecule has 0 radical (unpaired) electrons. The quantitative estimate of drug-likeness (QED) is 0.439. The fraction of sp³-hybridized carbons (Fsp3) is 0.304. The van der Waals surface area contributed by atoms with E-state index >= 15 is 0 Å². The summed E-state index contributed by atoms with van der Waals surface area (Å²) in [6.45, 7) is 0. The fourth-order valence-corrected chi connectivity index (χ4v) is 4.23. The topological polar surface area (TPSA) is 46.9 Å². The van der Waals surface area contributed by atoms with E-state index in [-0.39, 0.29) is 28.1 Å². The summed E-state index contributed by atoms with van der Waals surface area (Å²) in [5, 5.41) is 3.40. The van der Waals surface area contributed by atoms with Gasteiger partial charge in [-0.1, -0.05) is 42.5 Å². The van der Waals surface area contributed by atoms with Crippen LogP contribution in [0.25, 0.3) is 17.1 Å². The number of aromatic nitrogens is 2. The van der Waals surface area contributed by atoms with Crippen LogP contribution >= 0.6 is 23.2 Å². The van der Waals surface area contributed by atoms with Gasteiger partial charge in [-0.2, -0.15) is 13.2 Å². The molecule has 1 saturated carbocycles. The Labute approximate surface area is 193 Å². The van der Waals surface area contributed by atoms with Crippen molar-refractivity contribution in [2.24, 2.45) is 0 Å². The molecule has 3 aromatic rings. The monoisotopic (exact) mass is 481 g/mol. The second-order valence-corrected chi connectivity index (χ2v) is 8.67. The molecule has 1 aliphatic rings. The fourth-order valence-electron chi connectivity index (χ4n) is 3.93. The second kappa shape index (κ2) is 9.16. The van der Waals surface area contributed by atoms with Gasteiger partial charge in [-0.25, -0.2) is 4.98 Å². The van der Waals surface area contributed by atoms with Crippen molar-refractivity contribution in [3.63, 3.8) is 0 Å². The summed E-state index contributed by atoms with van der Waals surface area (Å²) in [6, 6.07) is 10.1. The van der Waals surface area contributed by atoms with Crippen LogP contribution in [-0.4, -0.2) is 21.5 Å². The summed E-state index contributed by atoms with van der Waals surface area (Å²) in [7, 11) is 0. The van der Waals surface area contributed by atoms with E-state index in [1.165, 1.54) is 22.9 Å². The van der Waals surface area contributed by atoms with E-state index < -0.39 is 17.6 Å². The lowest BCUT2D eigenvalue weighted by Gasteiger charge is -2.22. The van der Waals surface area contributed by atoms with E-state index in [9.17, 15) is 18.0 Å². The minimum atomic E-state index is -4.65. The number of nitrogens with one attached hydrogen (secondary N) is 1. The van der Waals surface area contributed by atoms with Gasteiger partial charge in [0.2, 0.25) is 0 Å². The molecule has 1 heterocycles. The summed E-state index contributed by atoms with van der Waals surface area (Å²) in [4.78, 5) is 17.2. The number of hydrogen-bond acceptors (Lipinski definition) is 2. The molecule has 1 N–H and O–H groups in total. The van der Waals surface area contributed by atoms with E-state index in [4.69, 9.17) is 23.2 Å². The van der Waals surface area contributed by atoms with E-state index in [2.05, 4.69) is 10.3 Å². The molecule has 0 bridgehead atoms. The molecule has 4 rings (SSSR count). The number of imidazole rings is 1. The number of hydrogen-bond donors (Lipinski definition) is 1. The van der Waals surface area contributed by atoms with Crippen LogP contribution in [0.4, 0.5) is 13.2 Å². The van der Waals surface area contributed by atoms with Crippen LogP contribution in [-0.2, 0) is 6.18 Å². The number of benzene rings is 2. The van der Waals surface area contributed by atoms with E-state index in [1.54, 1.807) is 24.3 Å². The van der Waals surface area contributed by atoms with Gasteiger partial charge in [0.05, 0.1) is 5.56 Å². The Morgan fingerprint density at radius 3 is 2.31 bits per heavy atom. The molecule has 4 nitrogen and oxygen atoms in total. The van der Waals surface area contributed by atoms with Crippen molar-refractivity contribution in [2.45, 2.75) is 44.3 Å². The van der Waals surface area contributed by atoms with Gasteiger partial charge in [-0.3, -0.25) is 9.36 Å². The first kappa shape index (κ1) is 22.7. The van der Waals surface area contributed by atoms with Gasteiger partial charge < -0.3 is 5.32 Å². The Morgan fingerprint density at radius 2 is 1.66 bits per heavy atom. The van der Waals surface area contributed by atoms with Crippen molar-refractivity contribution in [3.05, 3.63) is 70.0 Å². The molecule has 0 spiro atoms. The third kappa shape index (κ3) is 4.94. The zero-order valence-corrected chi connectivity index (χ0v) is 18.4. The van der Waals surface area contributed by atoms with Gasteiger partial charge in [-0.05, 0) is 55.3 Å². The summed E-state index contributed by atoms with van der Waals surface area (Å²) < 4.78 is 42.8. The van der Waals surface area contributed by atoms with Crippen LogP contribution in [0.5, 0.6) is 0 Å². The molecule has 1 fully saturated rings. The molecule has 168 valence electrons. The molecule has 0 aliphatic heterocycles. The van der Waals surface area contributed by atoms with E-state index in [0.29, 0.717) is 10.7 Å². The minimum Gasteiger partial charge on any atom is -0.348 e. The Hall–Kier alpha value is -2.51. The van der Waals surface area contributed by atoms with Crippen molar-refractivity contribution in [3.8, 4) is 17.1 Å². The number of carbonyl (C=O) groups is 1. The standard InChI is InChI=1S/C23H20Cl2F3N3O/c24-14-6-9-17(10-7-14)31-13-20(22(32)29-16-4-2-1-3-5-16)30-21(31)18-11-8-15(25)12-19(18)23(26,27)28/h6-13,16H,1-5H2,(H,29,32). The van der Waals surface area contributed by atoms with Crippen LogP contribution in [0.2, 0.25) is 10.0 Å². The van der Waals surface area contributed by atoms with Gasteiger partial charge >= 0.3 is 6.18 Å². The molecule has 1 aliphatic carbocycles. The first-order chi connectivity index (χ1) is 15.2.